The second-order valence-corrected chi connectivity index (χ2v) is 5.27. The summed E-state index contributed by atoms with van der Waals surface area (Å²) < 4.78 is 10.2. The first-order chi connectivity index (χ1) is 8.63. The van der Waals surface area contributed by atoms with Gasteiger partial charge >= 0.3 is 5.97 Å². The van der Waals surface area contributed by atoms with Crippen LogP contribution in [0.15, 0.2) is 18.2 Å². The Morgan fingerprint density at radius 2 is 2.17 bits per heavy atom. The van der Waals surface area contributed by atoms with Crippen molar-refractivity contribution < 1.29 is 14.3 Å². The summed E-state index contributed by atoms with van der Waals surface area (Å²) in [5.41, 5.74) is 0.839. The van der Waals surface area contributed by atoms with Crippen LogP contribution in [0, 0.1) is 0 Å². The van der Waals surface area contributed by atoms with Crippen LogP contribution < -0.4 is 4.74 Å². The van der Waals surface area contributed by atoms with Crippen LogP contribution in [0.4, 0.5) is 0 Å². The van der Waals surface area contributed by atoms with Gasteiger partial charge in [-0.15, -0.1) is 11.8 Å². The highest BCUT2D eigenvalue weighted by molar-refractivity contribution is 8.00. The number of benzene rings is 1. The highest BCUT2D eigenvalue weighted by Gasteiger charge is 2.22. The number of methoxy groups -OCH3 is 1. The molecule has 0 fully saturated rings. The topological polar surface area (TPSA) is 35.5 Å². The molecule has 0 aliphatic carbocycles. The lowest BCUT2D eigenvalue weighted by molar-refractivity contribution is -0.142. The molecular formula is C13H17ClO3S. The molecule has 1 rings (SSSR count). The third-order valence-electron chi connectivity index (χ3n) is 2.31. The normalized spacial score (nSPS) is 12.0. The number of carbonyl (C=O) groups excluding carboxylic acids is 1. The van der Waals surface area contributed by atoms with Gasteiger partial charge in [-0.3, -0.25) is 4.79 Å². The summed E-state index contributed by atoms with van der Waals surface area (Å²) in [6.07, 6.45) is 0. The first-order valence-electron chi connectivity index (χ1n) is 5.75. The van der Waals surface area contributed by atoms with Crippen LogP contribution in [0.3, 0.4) is 0 Å². The molecule has 0 aliphatic rings. The summed E-state index contributed by atoms with van der Waals surface area (Å²) >= 11 is 7.59. The highest BCUT2D eigenvalue weighted by Crippen LogP contribution is 2.34. The Morgan fingerprint density at radius 3 is 2.67 bits per heavy atom. The number of thioether (sulfide) groups is 1. The zero-order chi connectivity index (χ0) is 13.5. The first-order valence-corrected chi connectivity index (χ1v) is 7.18. The van der Waals surface area contributed by atoms with E-state index in [-0.39, 0.29) is 11.2 Å². The molecule has 1 aromatic carbocycles. The van der Waals surface area contributed by atoms with Crippen molar-refractivity contribution in [2.75, 3.05) is 19.5 Å². The van der Waals surface area contributed by atoms with Crippen LogP contribution in [-0.4, -0.2) is 25.4 Å². The van der Waals surface area contributed by atoms with Gasteiger partial charge < -0.3 is 9.47 Å². The van der Waals surface area contributed by atoms with Gasteiger partial charge in [0, 0.05) is 0 Å². The van der Waals surface area contributed by atoms with Crippen LogP contribution in [-0.2, 0) is 9.53 Å². The van der Waals surface area contributed by atoms with E-state index in [0.29, 0.717) is 17.4 Å². The largest absolute Gasteiger partial charge is 0.495 e. The fourth-order valence-corrected chi connectivity index (χ4v) is 2.67. The van der Waals surface area contributed by atoms with Gasteiger partial charge in [-0.1, -0.05) is 24.6 Å². The van der Waals surface area contributed by atoms with E-state index in [1.807, 2.05) is 13.0 Å². The van der Waals surface area contributed by atoms with Crippen molar-refractivity contribution in [3.63, 3.8) is 0 Å². The molecule has 0 radical (unpaired) electrons. The van der Waals surface area contributed by atoms with Crippen molar-refractivity contribution in [3.8, 4) is 5.75 Å². The molecule has 1 unspecified atom stereocenters. The van der Waals surface area contributed by atoms with Gasteiger partial charge in [0.15, 0.2) is 0 Å². The molecule has 18 heavy (non-hydrogen) atoms. The number of rotatable bonds is 6. The smallest absolute Gasteiger partial charge is 0.323 e. The van der Waals surface area contributed by atoms with Gasteiger partial charge in [-0.05, 0) is 30.4 Å². The molecule has 5 heteroatoms. The minimum atomic E-state index is -0.335. The second-order valence-electron chi connectivity index (χ2n) is 3.48. The molecule has 0 saturated carbocycles. The number of ether oxygens (including phenoxy) is 2. The lowest BCUT2D eigenvalue weighted by atomic mass is 10.1. The van der Waals surface area contributed by atoms with Crippen LogP contribution in [0.25, 0.3) is 0 Å². The van der Waals surface area contributed by atoms with Crippen molar-refractivity contribution in [1.29, 1.82) is 0 Å². The number of halogens is 1. The van der Waals surface area contributed by atoms with Gasteiger partial charge in [-0.25, -0.2) is 0 Å². The zero-order valence-corrected chi connectivity index (χ0v) is 12.3. The lowest BCUT2D eigenvalue weighted by Gasteiger charge is -2.15. The maximum Gasteiger partial charge on any atom is 0.323 e. The number of hydrogen-bond donors (Lipinski definition) is 0. The van der Waals surface area contributed by atoms with E-state index in [0.717, 1.165) is 11.3 Å². The van der Waals surface area contributed by atoms with Crippen molar-refractivity contribution in [3.05, 3.63) is 28.8 Å². The van der Waals surface area contributed by atoms with Gasteiger partial charge in [-0.2, -0.15) is 0 Å². The molecule has 1 atom stereocenters. The third-order valence-corrected chi connectivity index (χ3v) is 3.74. The van der Waals surface area contributed by atoms with Crippen molar-refractivity contribution >= 4 is 29.3 Å². The Balaban J connectivity index is 2.98. The maximum absolute atomic E-state index is 11.9. The Labute approximate surface area is 117 Å². The molecule has 1 aromatic rings. The van der Waals surface area contributed by atoms with E-state index in [1.165, 1.54) is 11.8 Å². The predicted molar refractivity (Wildman–Crippen MR) is 75.5 cm³/mol. The molecule has 0 spiro atoms. The number of hydrogen-bond acceptors (Lipinski definition) is 4. The number of esters is 1. The molecular weight excluding hydrogens is 272 g/mol. The van der Waals surface area contributed by atoms with Gasteiger partial charge in [0.25, 0.3) is 0 Å². The molecule has 3 nitrogen and oxygen atoms in total. The predicted octanol–water partition coefficient (Wildman–Crippen LogP) is 3.71. The van der Waals surface area contributed by atoms with Gasteiger partial charge in [0.1, 0.15) is 11.0 Å². The van der Waals surface area contributed by atoms with Gasteiger partial charge in [0.05, 0.1) is 18.7 Å². The van der Waals surface area contributed by atoms with E-state index in [9.17, 15) is 4.79 Å². The van der Waals surface area contributed by atoms with E-state index in [1.54, 1.807) is 26.2 Å². The summed E-state index contributed by atoms with van der Waals surface area (Å²) in [4.78, 5) is 11.9. The van der Waals surface area contributed by atoms with Gasteiger partial charge in [0.2, 0.25) is 0 Å². The summed E-state index contributed by atoms with van der Waals surface area (Å²) in [6, 6.07) is 5.36. The minimum Gasteiger partial charge on any atom is -0.495 e. The quantitative estimate of drug-likeness (QED) is 0.748. The number of carbonyl (C=O) groups is 1. The Bertz CT molecular complexity index is 409. The summed E-state index contributed by atoms with van der Waals surface area (Å²) in [7, 11) is 1.56. The van der Waals surface area contributed by atoms with Crippen LogP contribution in [0.1, 0.15) is 24.7 Å². The summed E-state index contributed by atoms with van der Waals surface area (Å²) in [5, 5.41) is 0.166. The monoisotopic (exact) mass is 288 g/mol. The van der Waals surface area contributed by atoms with Crippen molar-refractivity contribution in [2.24, 2.45) is 0 Å². The van der Waals surface area contributed by atoms with Crippen LogP contribution in [0.5, 0.6) is 5.75 Å². The highest BCUT2D eigenvalue weighted by atomic mass is 35.5. The Morgan fingerprint density at radius 1 is 1.44 bits per heavy atom. The third kappa shape index (κ3) is 3.82. The molecule has 0 amide bonds. The Hall–Kier alpha value is -0.870. The molecule has 0 bridgehead atoms. The molecule has 100 valence electrons. The maximum atomic E-state index is 11.9. The zero-order valence-electron chi connectivity index (χ0n) is 10.7. The molecule has 0 N–H and O–H groups in total. The second kappa shape index (κ2) is 7.54. The van der Waals surface area contributed by atoms with E-state index in [2.05, 4.69) is 0 Å². The summed E-state index contributed by atoms with van der Waals surface area (Å²) in [5.74, 6) is 1.20. The van der Waals surface area contributed by atoms with Crippen molar-refractivity contribution in [2.45, 2.75) is 19.1 Å². The lowest BCUT2D eigenvalue weighted by Crippen LogP contribution is -2.13. The van der Waals surface area contributed by atoms with Crippen LogP contribution >= 0.6 is 23.4 Å². The molecule has 0 aliphatic heterocycles. The standard InChI is InChI=1S/C13H17ClO3S/c1-4-17-13(15)12(18-5-2)9-6-7-11(16-3)10(14)8-9/h6-8,12H,4-5H2,1-3H3. The van der Waals surface area contributed by atoms with Crippen molar-refractivity contribution in [1.82, 2.24) is 0 Å². The van der Waals surface area contributed by atoms with E-state index < -0.39 is 0 Å². The first kappa shape index (κ1) is 15.2. The fraction of sp³-hybridized carbons (Fsp3) is 0.462. The average Bonchev–Trinajstić information content (AvgIpc) is 2.36. The summed E-state index contributed by atoms with van der Waals surface area (Å²) in [6.45, 7) is 4.18. The van der Waals surface area contributed by atoms with E-state index in [4.69, 9.17) is 21.1 Å². The average molecular weight is 289 g/mol. The van der Waals surface area contributed by atoms with E-state index >= 15 is 0 Å². The molecule has 0 saturated heterocycles. The molecule has 0 aromatic heterocycles. The minimum absolute atomic E-state index is 0.231. The SMILES string of the molecule is CCOC(=O)C(SCC)c1ccc(OC)c(Cl)c1. The Kier molecular flexibility index (Phi) is 6.36. The van der Waals surface area contributed by atoms with Crippen LogP contribution in [0.2, 0.25) is 5.02 Å². The fourth-order valence-electron chi connectivity index (χ4n) is 1.53. The molecule has 0 heterocycles.